The number of fused-ring (bicyclic) bond motifs is 5. The number of likely N-dealkylation sites (N-methyl/N-ethyl adjacent to an activating group) is 1. The second kappa shape index (κ2) is 9.58. The van der Waals surface area contributed by atoms with Crippen molar-refractivity contribution < 1.29 is 28.9 Å². The van der Waals surface area contributed by atoms with Gasteiger partial charge in [-0.25, -0.2) is 0 Å². The summed E-state index contributed by atoms with van der Waals surface area (Å²) >= 11 is 9.73. The Morgan fingerprint density at radius 3 is 2.68 bits per heavy atom. The third-order valence-electron chi connectivity index (χ3n) is 7.70. The number of rotatable bonds is 4. The summed E-state index contributed by atoms with van der Waals surface area (Å²) in [6.45, 7) is 2.45. The van der Waals surface area contributed by atoms with E-state index in [2.05, 4.69) is 15.9 Å². The summed E-state index contributed by atoms with van der Waals surface area (Å²) in [5, 5.41) is 13.0. The van der Waals surface area contributed by atoms with Crippen molar-refractivity contribution in [2.45, 2.75) is 25.2 Å². The van der Waals surface area contributed by atoms with Gasteiger partial charge in [-0.1, -0.05) is 27.5 Å². The predicted octanol–water partition coefficient (Wildman–Crippen LogP) is 5.68. The Kier molecular flexibility index (Phi) is 6.08. The first kappa shape index (κ1) is 26.0. The maximum atomic E-state index is 14.1. The van der Waals surface area contributed by atoms with Gasteiger partial charge in [-0.15, -0.1) is 0 Å². The van der Waals surface area contributed by atoms with Crippen molar-refractivity contribution in [1.29, 1.82) is 0 Å². The van der Waals surface area contributed by atoms with Crippen LogP contribution in [0.5, 0.6) is 17.2 Å². The summed E-state index contributed by atoms with van der Waals surface area (Å²) in [5.74, 6) is 0.913. The highest BCUT2D eigenvalue weighted by molar-refractivity contribution is 9.10. The van der Waals surface area contributed by atoms with E-state index in [1.807, 2.05) is 6.92 Å². The normalized spacial score (nSPS) is 20.1. The number of benzene rings is 3. The van der Waals surface area contributed by atoms with Crippen molar-refractivity contribution in [1.82, 2.24) is 4.98 Å². The second-order valence-electron chi connectivity index (χ2n) is 10.0. The van der Waals surface area contributed by atoms with E-state index in [1.165, 1.54) is 0 Å². The van der Waals surface area contributed by atoms with Crippen LogP contribution in [0.1, 0.15) is 34.0 Å². The Labute approximate surface area is 248 Å². The summed E-state index contributed by atoms with van der Waals surface area (Å²) in [4.78, 5) is 32.8. The SMILES string of the molecule is CCN1C(=O)COc2ccc(C(=O)[C@@H]3Oc4ccc(Br)cc4[C@]3(O)c3cnc4c(c3)COc3ccc(Cl)cc3-4)cc21. The van der Waals surface area contributed by atoms with Crippen molar-refractivity contribution >= 4 is 44.9 Å². The zero-order chi connectivity index (χ0) is 28.5. The van der Waals surface area contributed by atoms with Gasteiger partial charge in [-0.3, -0.25) is 14.6 Å². The number of Topliss-reactive ketones (excluding diaryl/α,β-unsaturated/α-hetero) is 1. The molecule has 0 spiro atoms. The molecule has 8 nitrogen and oxygen atoms in total. The van der Waals surface area contributed by atoms with E-state index < -0.39 is 17.5 Å². The number of ketones is 1. The second-order valence-corrected chi connectivity index (χ2v) is 11.4. The van der Waals surface area contributed by atoms with Crippen molar-refractivity contribution in [3.05, 3.63) is 98.6 Å². The molecule has 1 aromatic heterocycles. The summed E-state index contributed by atoms with van der Waals surface area (Å²) in [6.07, 6.45) is 0.235. The van der Waals surface area contributed by atoms with Crippen LogP contribution >= 0.6 is 27.5 Å². The maximum Gasteiger partial charge on any atom is 0.265 e. The number of hydrogen-bond acceptors (Lipinski definition) is 7. The molecule has 3 aliphatic rings. The molecule has 206 valence electrons. The van der Waals surface area contributed by atoms with Gasteiger partial charge in [0, 0.05) is 50.1 Å². The average molecular weight is 634 g/mol. The molecule has 0 saturated heterocycles. The lowest BCUT2D eigenvalue weighted by Crippen LogP contribution is -2.45. The average Bonchev–Trinajstić information content (AvgIpc) is 3.28. The maximum absolute atomic E-state index is 14.1. The first-order valence-corrected chi connectivity index (χ1v) is 14.2. The molecule has 7 rings (SSSR count). The smallest absolute Gasteiger partial charge is 0.265 e. The molecular weight excluding hydrogens is 612 g/mol. The summed E-state index contributed by atoms with van der Waals surface area (Å²) in [6, 6.07) is 17.3. The number of pyridine rings is 1. The number of anilines is 1. The van der Waals surface area contributed by atoms with Gasteiger partial charge < -0.3 is 24.2 Å². The monoisotopic (exact) mass is 632 g/mol. The topological polar surface area (TPSA) is 98.2 Å². The molecule has 0 saturated carbocycles. The van der Waals surface area contributed by atoms with Crippen LogP contribution in [0.2, 0.25) is 5.02 Å². The molecular formula is C31H22BrClN2O6. The zero-order valence-corrected chi connectivity index (χ0v) is 24.0. The molecule has 3 aliphatic heterocycles. The number of carbonyl (C=O) groups excluding carboxylic acids is 2. The minimum absolute atomic E-state index is 0.0600. The van der Waals surface area contributed by atoms with Crippen LogP contribution in [-0.4, -0.2) is 41.0 Å². The number of nitrogens with zero attached hydrogens (tertiary/aromatic N) is 2. The number of carbonyl (C=O) groups is 2. The Bertz CT molecular complexity index is 1780. The van der Waals surface area contributed by atoms with E-state index in [0.717, 1.165) is 11.1 Å². The first-order valence-electron chi connectivity index (χ1n) is 13.0. The van der Waals surface area contributed by atoms with Crippen LogP contribution in [0.25, 0.3) is 11.3 Å². The highest BCUT2D eigenvalue weighted by Crippen LogP contribution is 2.49. The summed E-state index contributed by atoms with van der Waals surface area (Å²) in [7, 11) is 0. The molecule has 0 radical (unpaired) electrons. The fraction of sp³-hybridized carbons (Fsp3) is 0.194. The molecule has 1 amide bonds. The highest BCUT2D eigenvalue weighted by atomic mass is 79.9. The third kappa shape index (κ3) is 4.02. The van der Waals surface area contributed by atoms with Crippen LogP contribution in [-0.2, 0) is 17.0 Å². The zero-order valence-electron chi connectivity index (χ0n) is 21.7. The van der Waals surface area contributed by atoms with Crippen LogP contribution in [0, 0.1) is 0 Å². The van der Waals surface area contributed by atoms with E-state index in [4.69, 9.17) is 30.8 Å². The van der Waals surface area contributed by atoms with Gasteiger partial charge in [0.05, 0.1) is 11.4 Å². The Balaban J connectivity index is 1.34. The van der Waals surface area contributed by atoms with Gasteiger partial charge >= 0.3 is 0 Å². The molecule has 4 aromatic rings. The first-order chi connectivity index (χ1) is 19.8. The Hall–Kier alpha value is -3.92. The number of ether oxygens (including phenoxy) is 3. The Morgan fingerprint density at radius 1 is 1.07 bits per heavy atom. The molecule has 0 bridgehead atoms. The van der Waals surface area contributed by atoms with Crippen LogP contribution < -0.4 is 19.1 Å². The molecule has 41 heavy (non-hydrogen) atoms. The lowest BCUT2D eigenvalue weighted by atomic mass is 9.80. The Morgan fingerprint density at radius 2 is 1.85 bits per heavy atom. The molecule has 0 unspecified atom stereocenters. The lowest BCUT2D eigenvalue weighted by Gasteiger charge is -2.31. The van der Waals surface area contributed by atoms with Crippen molar-refractivity contribution in [3.63, 3.8) is 0 Å². The van der Waals surface area contributed by atoms with E-state index in [1.54, 1.807) is 71.8 Å². The number of halogens is 2. The van der Waals surface area contributed by atoms with E-state index >= 15 is 0 Å². The van der Waals surface area contributed by atoms with E-state index in [-0.39, 0.29) is 24.7 Å². The van der Waals surface area contributed by atoms with Gasteiger partial charge in [0.1, 0.15) is 23.9 Å². The molecule has 0 aliphatic carbocycles. The molecule has 3 aromatic carbocycles. The molecule has 2 atom stereocenters. The van der Waals surface area contributed by atoms with E-state index in [9.17, 15) is 14.7 Å². The number of aromatic nitrogens is 1. The quantitative estimate of drug-likeness (QED) is 0.289. The molecule has 0 fully saturated rings. The van der Waals surface area contributed by atoms with Crippen molar-refractivity contribution in [2.24, 2.45) is 0 Å². The van der Waals surface area contributed by atoms with Gasteiger partial charge in [-0.05, 0) is 67.6 Å². The summed E-state index contributed by atoms with van der Waals surface area (Å²) < 4.78 is 18.4. The fourth-order valence-corrected chi connectivity index (χ4v) is 6.23. The lowest BCUT2D eigenvalue weighted by molar-refractivity contribution is -0.121. The standard InChI is InChI=1S/C31H22BrClN2O6/c1-2-35-23-10-16(3-6-26(23)40-15-27(35)36)29(37)30-31(38,22-11-19(32)4-7-25(22)41-30)18-9-17-14-39-24-8-5-20(33)12-21(24)28(17)34-13-18/h3-13,30,38H,2,14-15H2,1H3/t30-,31+/m0/s1. The largest absolute Gasteiger partial charge is 0.488 e. The molecule has 10 heteroatoms. The highest BCUT2D eigenvalue weighted by Gasteiger charge is 2.53. The van der Waals surface area contributed by atoms with Gasteiger partial charge in [0.2, 0.25) is 5.78 Å². The number of amides is 1. The molecule has 1 N–H and O–H groups in total. The minimum atomic E-state index is -1.88. The van der Waals surface area contributed by atoms with Gasteiger partial charge in [-0.2, -0.15) is 0 Å². The third-order valence-corrected chi connectivity index (χ3v) is 8.43. The van der Waals surface area contributed by atoms with Crippen LogP contribution in [0.3, 0.4) is 0 Å². The molecule has 4 heterocycles. The predicted molar refractivity (Wildman–Crippen MR) is 155 cm³/mol. The summed E-state index contributed by atoms with van der Waals surface area (Å²) in [5.41, 5.74) is 1.89. The number of aliphatic hydroxyl groups is 1. The van der Waals surface area contributed by atoms with E-state index in [0.29, 0.717) is 55.8 Å². The fourth-order valence-electron chi connectivity index (χ4n) is 5.70. The van der Waals surface area contributed by atoms with Gasteiger partial charge in [0.25, 0.3) is 5.91 Å². The van der Waals surface area contributed by atoms with Crippen LogP contribution in [0.15, 0.2) is 71.3 Å². The van der Waals surface area contributed by atoms with Crippen molar-refractivity contribution in [3.8, 4) is 28.5 Å². The number of hydrogen-bond donors (Lipinski definition) is 1. The van der Waals surface area contributed by atoms with Gasteiger partial charge in [0.15, 0.2) is 18.3 Å². The minimum Gasteiger partial charge on any atom is -0.488 e. The van der Waals surface area contributed by atoms with Crippen LogP contribution in [0.4, 0.5) is 5.69 Å². The van der Waals surface area contributed by atoms with Crippen molar-refractivity contribution in [2.75, 3.05) is 18.1 Å².